The molecule has 2 atom stereocenters. The predicted octanol–water partition coefficient (Wildman–Crippen LogP) is 2.46. The molecular weight excluding hydrogens is 336 g/mol. The second kappa shape index (κ2) is 6.28. The van der Waals surface area contributed by atoms with Crippen molar-refractivity contribution in [1.82, 2.24) is 25.1 Å². The van der Waals surface area contributed by atoms with Gasteiger partial charge >= 0.3 is 0 Å². The van der Waals surface area contributed by atoms with Gasteiger partial charge in [0.2, 0.25) is 0 Å². The van der Waals surface area contributed by atoms with Crippen LogP contribution in [-0.4, -0.2) is 45.0 Å². The van der Waals surface area contributed by atoms with Gasteiger partial charge in [0, 0.05) is 48.7 Å². The second-order valence-corrected chi connectivity index (χ2v) is 6.90. The molecule has 130 valence electrons. The van der Waals surface area contributed by atoms with Gasteiger partial charge in [-0.2, -0.15) is 15.3 Å². The number of nitrogens with zero attached hydrogens (tertiary/aromatic N) is 5. The molecule has 2 unspecified atom stereocenters. The molecule has 2 fully saturated rings. The van der Waals surface area contributed by atoms with E-state index in [4.69, 9.17) is 0 Å². The minimum Gasteiger partial charge on any atom is -0.367 e. The van der Waals surface area contributed by atoms with Gasteiger partial charge in [-0.05, 0) is 38.0 Å². The molecule has 0 spiro atoms. The molecule has 2 aliphatic heterocycles. The van der Waals surface area contributed by atoms with Crippen molar-refractivity contribution in [2.45, 2.75) is 31.8 Å². The zero-order valence-electron chi connectivity index (χ0n) is 14.1. The van der Waals surface area contributed by atoms with Crippen LogP contribution in [0.3, 0.4) is 0 Å². The Hall–Kier alpha value is -2.18. The number of anilines is 1. The van der Waals surface area contributed by atoms with Crippen molar-refractivity contribution < 1.29 is 0 Å². The predicted molar refractivity (Wildman–Crippen MR) is 100 cm³/mol. The van der Waals surface area contributed by atoms with E-state index in [2.05, 4.69) is 49.9 Å². The standard InChI is InChI=1S/C18H20N6.ClH/c1-12-6-13(8-19-22-12)14-7-18-17(4-5-20-24(18)9-14)23-10-15-2-3-16(11-23)21-15;/h4-9,15-16,21H,2-3,10-11H2,1H3;1H. The number of fused-ring (bicyclic) bond motifs is 3. The Morgan fingerprint density at radius 3 is 2.68 bits per heavy atom. The van der Waals surface area contributed by atoms with Crippen LogP contribution in [0, 0.1) is 6.92 Å². The van der Waals surface area contributed by atoms with Crippen LogP contribution in [-0.2, 0) is 0 Å². The Kier molecular flexibility index (Phi) is 4.09. The Labute approximate surface area is 152 Å². The molecule has 0 aromatic carbocycles. The maximum absolute atomic E-state index is 4.50. The van der Waals surface area contributed by atoms with Crippen LogP contribution in [0.25, 0.3) is 16.6 Å². The number of aryl methyl sites for hydroxylation is 1. The van der Waals surface area contributed by atoms with E-state index in [1.54, 1.807) is 0 Å². The van der Waals surface area contributed by atoms with E-state index in [0.29, 0.717) is 12.1 Å². The fourth-order valence-corrected chi connectivity index (χ4v) is 4.05. The van der Waals surface area contributed by atoms with Crippen LogP contribution in [0.15, 0.2) is 36.8 Å². The van der Waals surface area contributed by atoms with Crippen LogP contribution >= 0.6 is 12.4 Å². The van der Waals surface area contributed by atoms with Gasteiger partial charge in [-0.1, -0.05) is 0 Å². The van der Waals surface area contributed by atoms with Gasteiger partial charge in [-0.15, -0.1) is 12.4 Å². The number of hydrogen-bond acceptors (Lipinski definition) is 5. The molecule has 2 aliphatic rings. The maximum atomic E-state index is 4.50. The highest BCUT2D eigenvalue weighted by Crippen LogP contribution is 2.31. The highest BCUT2D eigenvalue weighted by Gasteiger charge is 2.32. The SMILES string of the molecule is Cc1cc(-c2cc3c(N4CC5CCC(C4)N5)ccnn3c2)cnn1.Cl. The Balaban J connectivity index is 0.00000157. The normalized spacial score (nSPS) is 22.2. The highest BCUT2D eigenvalue weighted by atomic mass is 35.5. The molecule has 2 saturated heterocycles. The summed E-state index contributed by atoms with van der Waals surface area (Å²) in [6.07, 6.45) is 8.36. The monoisotopic (exact) mass is 356 g/mol. The van der Waals surface area contributed by atoms with Crippen molar-refractivity contribution in [2.75, 3.05) is 18.0 Å². The molecule has 3 aromatic rings. The van der Waals surface area contributed by atoms with Gasteiger partial charge in [-0.3, -0.25) is 0 Å². The zero-order valence-corrected chi connectivity index (χ0v) is 14.9. The summed E-state index contributed by atoms with van der Waals surface area (Å²) in [4.78, 5) is 2.51. The summed E-state index contributed by atoms with van der Waals surface area (Å²) in [5, 5.41) is 16.3. The van der Waals surface area contributed by atoms with Crippen molar-refractivity contribution in [3.63, 3.8) is 0 Å². The first kappa shape index (κ1) is 16.3. The molecule has 5 heterocycles. The van der Waals surface area contributed by atoms with E-state index >= 15 is 0 Å². The number of hydrogen-bond donors (Lipinski definition) is 1. The van der Waals surface area contributed by atoms with Gasteiger partial charge in [0.15, 0.2) is 0 Å². The fourth-order valence-electron chi connectivity index (χ4n) is 4.05. The summed E-state index contributed by atoms with van der Waals surface area (Å²) >= 11 is 0. The molecule has 0 saturated carbocycles. The third kappa shape index (κ3) is 2.85. The molecule has 6 nitrogen and oxygen atoms in total. The quantitative estimate of drug-likeness (QED) is 0.764. The van der Waals surface area contributed by atoms with Crippen molar-refractivity contribution >= 4 is 23.6 Å². The summed E-state index contributed by atoms with van der Waals surface area (Å²) < 4.78 is 1.98. The molecule has 3 aromatic heterocycles. The largest absolute Gasteiger partial charge is 0.367 e. The average Bonchev–Trinajstić information content (AvgIpc) is 3.17. The van der Waals surface area contributed by atoms with Crippen molar-refractivity contribution in [2.24, 2.45) is 0 Å². The first-order valence-corrected chi connectivity index (χ1v) is 8.54. The lowest BCUT2D eigenvalue weighted by molar-refractivity contribution is 0.466. The summed E-state index contributed by atoms with van der Waals surface area (Å²) in [5.74, 6) is 0. The Morgan fingerprint density at radius 2 is 1.92 bits per heavy atom. The van der Waals surface area contributed by atoms with Gasteiger partial charge in [0.25, 0.3) is 0 Å². The number of rotatable bonds is 2. The first-order chi connectivity index (χ1) is 11.8. The third-order valence-corrected chi connectivity index (χ3v) is 5.15. The van der Waals surface area contributed by atoms with Crippen molar-refractivity contribution in [3.8, 4) is 11.1 Å². The molecule has 25 heavy (non-hydrogen) atoms. The van der Waals surface area contributed by atoms with Crippen molar-refractivity contribution in [3.05, 3.63) is 42.5 Å². The molecule has 0 radical (unpaired) electrons. The van der Waals surface area contributed by atoms with E-state index in [9.17, 15) is 0 Å². The van der Waals surface area contributed by atoms with Crippen LogP contribution in [0.5, 0.6) is 0 Å². The third-order valence-electron chi connectivity index (χ3n) is 5.15. The van der Waals surface area contributed by atoms with Gasteiger partial charge in [-0.25, -0.2) is 4.52 Å². The molecule has 5 rings (SSSR count). The van der Waals surface area contributed by atoms with E-state index in [1.807, 2.05) is 23.8 Å². The van der Waals surface area contributed by atoms with Gasteiger partial charge in [0.1, 0.15) is 0 Å². The summed E-state index contributed by atoms with van der Waals surface area (Å²) in [6, 6.07) is 7.66. The van der Waals surface area contributed by atoms with E-state index in [-0.39, 0.29) is 12.4 Å². The number of aromatic nitrogens is 4. The summed E-state index contributed by atoms with van der Waals surface area (Å²) in [7, 11) is 0. The molecular formula is C18H21ClN6. The van der Waals surface area contributed by atoms with E-state index < -0.39 is 0 Å². The molecule has 0 aliphatic carbocycles. The molecule has 1 N–H and O–H groups in total. The fraction of sp³-hybridized carbons (Fsp3) is 0.389. The van der Waals surface area contributed by atoms with Crippen LogP contribution < -0.4 is 10.2 Å². The highest BCUT2D eigenvalue weighted by molar-refractivity contribution is 5.85. The first-order valence-electron chi connectivity index (χ1n) is 8.54. The lowest BCUT2D eigenvalue weighted by atomic mass is 10.1. The maximum Gasteiger partial charge on any atom is 0.0886 e. The lowest BCUT2D eigenvalue weighted by Crippen LogP contribution is -2.51. The van der Waals surface area contributed by atoms with E-state index in [1.165, 1.54) is 18.5 Å². The minimum atomic E-state index is 0. The van der Waals surface area contributed by atoms with Gasteiger partial charge in [0.05, 0.1) is 23.1 Å². The summed E-state index contributed by atoms with van der Waals surface area (Å²) in [5.41, 5.74) is 5.57. The van der Waals surface area contributed by atoms with Crippen molar-refractivity contribution in [1.29, 1.82) is 0 Å². The molecule has 7 heteroatoms. The topological polar surface area (TPSA) is 58.4 Å². The average molecular weight is 357 g/mol. The molecule has 0 amide bonds. The second-order valence-electron chi connectivity index (χ2n) is 6.90. The van der Waals surface area contributed by atoms with Crippen LogP contribution in [0.4, 0.5) is 5.69 Å². The minimum absolute atomic E-state index is 0. The Bertz CT molecular complexity index is 895. The number of halogens is 1. The smallest absolute Gasteiger partial charge is 0.0886 e. The number of piperazine rings is 1. The summed E-state index contributed by atoms with van der Waals surface area (Å²) in [6.45, 7) is 4.12. The Morgan fingerprint density at radius 1 is 1.12 bits per heavy atom. The van der Waals surface area contributed by atoms with Crippen LogP contribution in [0.2, 0.25) is 0 Å². The van der Waals surface area contributed by atoms with Crippen LogP contribution in [0.1, 0.15) is 18.5 Å². The molecule has 2 bridgehead atoms. The zero-order chi connectivity index (χ0) is 16.1. The van der Waals surface area contributed by atoms with E-state index in [0.717, 1.165) is 35.4 Å². The lowest BCUT2D eigenvalue weighted by Gasteiger charge is -2.34. The van der Waals surface area contributed by atoms with Gasteiger partial charge < -0.3 is 10.2 Å². The number of nitrogens with one attached hydrogen (secondary N) is 1.